The van der Waals surface area contributed by atoms with Crippen LogP contribution in [0.5, 0.6) is 5.75 Å². The summed E-state index contributed by atoms with van der Waals surface area (Å²) in [6.07, 6.45) is 0. The van der Waals surface area contributed by atoms with Crippen molar-refractivity contribution in [2.45, 2.75) is 26.8 Å². The first-order valence-corrected chi connectivity index (χ1v) is 6.59. The van der Waals surface area contributed by atoms with Gasteiger partial charge < -0.3 is 14.7 Å². The van der Waals surface area contributed by atoms with Crippen LogP contribution in [0, 0.1) is 6.92 Å². The van der Waals surface area contributed by atoms with E-state index in [-0.39, 0.29) is 25.1 Å². The van der Waals surface area contributed by atoms with Crippen LogP contribution in [-0.4, -0.2) is 41.1 Å². The van der Waals surface area contributed by atoms with E-state index in [9.17, 15) is 9.59 Å². The van der Waals surface area contributed by atoms with Crippen molar-refractivity contribution in [3.63, 3.8) is 0 Å². The van der Waals surface area contributed by atoms with E-state index in [0.29, 0.717) is 10.8 Å². The summed E-state index contributed by atoms with van der Waals surface area (Å²) in [5.41, 5.74) is 0.850. The molecule has 1 rings (SSSR count). The van der Waals surface area contributed by atoms with Gasteiger partial charge in [0.25, 0.3) is 5.91 Å². The maximum atomic E-state index is 12.0. The van der Waals surface area contributed by atoms with Gasteiger partial charge in [-0.15, -0.1) is 0 Å². The summed E-state index contributed by atoms with van der Waals surface area (Å²) >= 11 is 5.90. The molecule has 1 N–H and O–H groups in total. The van der Waals surface area contributed by atoms with E-state index in [4.69, 9.17) is 21.4 Å². The fraction of sp³-hybridized carbons (Fsp3) is 0.429. The Balaban J connectivity index is 2.64. The molecule has 0 aliphatic rings. The van der Waals surface area contributed by atoms with Crippen molar-refractivity contribution in [1.29, 1.82) is 0 Å². The fourth-order valence-corrected chi connectivity index (χ4v) is 1.76. The second-order valence-corrected chi connectivity index (χ2v) is 5.12. The van der Waals surface area contributed by atoms with Crippen molar-refractivity contribution < 1.29 is 19.4 Å². The molecular formula is C14H18ClNO4. The lowest BCUT2D eigenvalue weighted by molar-refractivity contribution is -0.146. The summed E-state index contributed by atoms with van der Waals surface area (Å²) in [5.74, 6) is -0.885. The number of hydrogen-bond acceptors (Lipinski definition) is 3. The summed E-state index contributed by atoms with van der Waals surface area (Å²) < 4.78 is 5.37. The van der Waals surface area contributed by atoms with E-state index in [1.54, 1.807) is 32.0 Å². The molecule has 0 aromatic heterocycles. The summed E-state index contributed by atoms with van der Waals surface area (Å²) in [6.45, 7) is 4.81. The Bertz CT molecular complexity index is 502. The number of halogens is 1. The number of rotatable bonds is 6. The molecule has 0 radical (unpaired) electrons. The molecule has 0 atom stereocenters. The second-order valence-electron chi connectivity index (χ2n) is 4.71. The van der Waals surface area contributed by atoms with Crippen LogP contribution in [0.1, 0.15) is 19.4 Å². The van der Waals surface area contributed by atoms with E-state index in [1.807, 2.05) is 6.92 Å². The topological polar surface area (TPSA) is 66.8 Å². The number of amides is 1. The van der Waals surface area contributed by atoms with Gasteiger partial charge in [0.15, 0.2) is 6.61 Å². The van der Waals surface area contributed by atoms with Crippen molar-refractivity contribution in [1.82, 2.24) is 4.90 Å². The first-order chi connectivity index (χ1) is 9.31. The molecule has 110 valence electrons. The Hall–Kier alpha value is -1.75. The van der Waals surface area contributed by atoms with E-state index in [1.165, 1.54) is 4.90 Å². The van der Waals surface area contributed by atoms with Crippen LogP contribution in [0.15, 0.2) is 18.2 Å². The third-order valence-electron chi connectivity index (χ3n) is 2.74. The molecule has 6 heteroatoms. The van der Waals surface area contributed by atoms with Crippen LogP contribution < -0.4 is 4.74 Å². The van der Waals surface area contributed by atoms with Crippen molar-refractivity contribution >= 4 is 23.5 Å². The molecule has 0 saturated carbocycles. The fourth-order valence-electron chi connectivity index (χ4n) is 1.64. The molecule has 0 fully saturated rings. The molecule has 0 saturated heterocycles. The number of carboxylic acid groups (broad SMARTS) is 1. The van der Waals surface area contributed by atoms with Gasteiger partial charge in [-0.3, -0.25) is 9.59 Å². The molecule has 0 bridgehead atoms. The summed E-state index contributed by atoms with van der Waals surface area (Å²) in [6, 6.07) is 4.88. The normalized spacial score (nSPS) is 10.4. The van der Waals surface area contributed by atoms with E-state index in [2.05, 4.69) is 0 Å². The molecule has 1 aromatic carbocycles. The van der Waals surface area contributed by atoms with Crippen molar-refractivity contribution in [2.24, 2.45) is 0 Å². The van der Waals surface area contributed by atoms with Crippen molar-refractivity contribution in [2.75, 3.05) is 13.2 Å². The SMILES string of the molecule is Cc1cc(OCC(=O)N(CC(=O)O)C(C)C)ccc1Cl. The molecular weight excluding hydrogens is 282 g/mol. The minimum absolute atomic E-state index is 0.200. The maximum Gasteiger partial charge on any atom is 0.323 e. The number of aliphatic carboxylic acids is 1. The van der Waals surface area contributed by atoms with Gasteiger partial charge in [-0.25, -0.2) is 0 Å². The third kappa shape index (κ3) is 4.74. The maximum absolute atomic E-state index is 12.0. The number of carbonyl (C=O) groups excluding carboxylic acids is 1. The molecule has 1 aromatic rings. The van der Waals surface area contributed by atoms with E-state index >= 15 is 0 Å². The number of aryl methyl sites for hydroxylation is 1. The zero-order valence-electron chi connectivity index (χ0n) is 11.7. The smallest absolute Gasteiger partial charge is 0.323 e. The molecule has 0 aliphatic carbocycles. The Morgan fingerprint density at radius 3 is 2.55 bits per heavy atom. The van der Waals surface area contributed by atoms with Gasteiger partial charge in [-0.05, 0) is 44.5 Å². The number of carboxylic acids is 1. The molecule has 5 nitrogen and oxygen atoms in total. The van der Waals surface area contributed by atoms with Gasteiger partial charge in [0, 0.05) is 11.1 Å². The van der Waals surface area contributed by atoms with Gasteiger partial charge in [0.2, 0.25) is 0 Å². The number of nitrogens with zero attached hydrogens (tertiary/aromatic N) is 1. The van der Waals surface area contributed by atoms with E-state index < -0.39 is 5.97 Å². The highest BCUT2D eigenvalue weighted by Crippen LogP contribution is 2.21. The van der Waals surface area contributed by atoms with Gasteiger partial charge >= 0.3 is 5.97 Å². The van der Waals surface area contributed by atoms with Crippen molar-refractivity contribution in [3.8, 4) is 5.75 Å². The predicted octanol–water partition coefficient (Wildman–Crippen LogP) is 2.35. The highest BCUT2D eigenvalue weighted by atomic mass is 35.5. The summed E-state index contributed by atoms with van der Waals surface area (Å²) in [7, 11) is 0. The number of carbonyl (C=O) groups is 2. The largest absolute Gasteiger partial charge is 0.484 e. The molecule has 0 unspecified atom stereocenters. The van der Waals surface area contributed by atoms with Crippen molar-refractivity contribution in [3.05, 3.63) is 28.8 Å². The van der Waals surface area contributed by atoms with E-state index in [0.717, 1.165) is 5.56 Å². The quantitative estimate of drug-likeness (QED) is 0.875. The summed E-state index contributed by atoms with van der Waals surface area (Å²) in [4.78, 5) is 23.9. The van der Waals surface area contributed by atoms with Crippen LogP contribution in [0.4, 0.5) is 0 Å². The average molecular weight is 300 g/mol. The Morgan fingerprint density at radius 1 is 1.40 bits per heavy atom. The van der Waals surface area contributed by atoms with Gasteiger partial charge in [0.1, 0.15) is 12.3 Å². The van der Waals surface area contributed by atoms with Gasteiger partial charge in [-0.2, -0.15) is 0 Å². The third-order valence-corrected chi connectivity index (χ3v) is 3.17. The first kappa shape index (κ1) is 16.3. The second kappa shape index (κ2) is 7.14. The lowest BCUT2D eigenvalue weighted by Crippen LogP contribution is -2.43. The Labute approximate surface area is 123 Å². The summed E-state index contributed by atoms with van der Waals surface area (Å²) in [5, 5.41) is 9.41. The molecule has 20 heavy (non-hydrogen) atoms. The standard InChI is InChI=1S/C14H18ClNO4/c1-9(2)16(7-14(18)19)13(17)8-20-11-4-5-12(15)10(3)6-11/h4-6,9H,7-8H2,1-3H3,(H,18,19). The Kier molecular flexibility index (Phi) is 5.82. The minimum Gasteiger partial charge on any atom is -0.484 e. The van der Waals surface area contributed by atoms with Crippen LogP contribution in [-0.2, 0) is 9.59 Å². The number of hydrogen-bond donors (Lipinski definition) is 1. The highest BCUT2D eigenvalue weighted by Gasteiger charge is 2.20. The molecule has 0 spiro atoms. The number of ether oxygens (including phenoxy) is 1. The Morgan fingerprint density at radius 2 is 2.05 bits per heavy atom. The van der Waals surface area contributed by atoms with Crippen LogP contribution in [0.25, 0.3) is 0 Å². The van der Waals surface area contributed by atoms with Gasteiger partial charge in [0.05, 0.1) is 0 Å². The van der Waals surface area contributed by atoms with Crippen LogP contribution >= 0.6 is 11.6 Å². The minimum atomic E-state index is -1.05. The monoisotopic (exact) mass is 299 g/mol. The lowest BCUT2D eigenvalue weighted by Gasteiger charge is -2.24. The van der Waals surface area contributed by atoms with Crippen LogP contribution in [0.2, 0.25) is 5.02 Å². The molecule has 0 heterocycles. The molecule has 1 amide bonds. The lowest BCUT2D eigenvalue weighted by atomic mass is 10.2. The zero-order chi connectivity index (χ0) is 15.3. The molecule has 0 aliphatic heterocycles. The first-order valence-electron chi connectivity index (χ1n) is 6.21. The zero-order valence-corrected chi connectivity index (χ0v) is 12.5. The highest BCUT2D eigenvalue weighted by molar-refractivity contribution is 6.31. The number of benzene rings is 1. The predicted molar refractivity (Wildman–Crippen MR) is 76.2 cm³/mol. The average Bonchev–Trinajstić information content (AvgIpc) is 2.36. The van der Waals surface area contributed by atoms with Gasteiger partial charge in [-0.1, -0.05) is 11.6 Å². The van der Waals surface area contributed by atoms with Crippen LogP contribution in [0.3, 0.4) is 0 Å².